The molecule has 3 aromatic rings. The highest BCUT2D eigenvalue weighted by Gasteiger charge is 2.08. The number of pyridine rings is 1. The first-order valence-electron chi connectivity index (χ1n) is 6.47. The number of hydrogen-bond donors (Lipinski definition) is 3. The van der Waals surface area contributed by atoms with E-state index in [2.05, 4.69) is 27.9 Å². The van der Waals surface area contributed by atoms with E-state index in [1.165, 1.54) is 5.56 Å². The second kappa shape index (κ2) is 4.77. The van der Waals surface area contributed by atoms with E-state index in [9.17, 15) is 0 Å². The molecule has 3 rings (SSSR count). The number of aromatic amines is 1. The monoisotopic (exact) mass is 265 g/mol. The molecule has 100 valence electrons. The van der Waals surface area contributed by atoms with Crippen LogP contribution < -0.4 is 5.73 Å². The molecular weight excluding hydrogens is 250 g/mol. The summed E-state index contributed by atoms with van der Waals surface area (Å²) in [5.74, 6) is 0.769. The summed E-state index contributed by atoms with van der Waals surface area (Å²) in [6.07, 6.45) is 2.83. The molecule has 1 aromatic carbocycles. The molecule has 2 heterocycles. The third-order valence-corrected chi connectivity index (χ3v) is 3.27. The first-order chi connectivity index (χ1) is 9.67. The smallest absolute Gasteiger partial charge is 0.157 e. The highest BCUT2D eigenvalue weighted by molar-refractivity contribution is 5.98. The first kappa shape index (κ1) is 12.3. The van der Waals surface area contributed by atoms with Gasteiger partial charge in [-0.05, 0) is 36.2 Å². The number of nitrogens with one attached hydrogen (secondary N) is 2. The Kier molecular flexibility index (Phi) is 2.95. The zero-order valence-corrected chi connectivity index (χ0v) is 11.1. The molecule has 0 saturated carbocycles. The molecule has 2 aromatic heterocycles. The Morgan fingerprint density at radius 1 is 1.30 bits per heavy atom. The summed E-state index contributed by atoms with van der Waals surface area (Å²) in [7, 11) is 0. The molecule has 0 aliphatic heterocycles. The number of aromatic nitrogens is 3. The Labute approximate surface area is 116 Å². The van der Waals surface area contributed by atoms with Crippen LogP contribution in [-0.4, -0.2) is 20.8 Å². The van der Waals surface area contributed by atoms with Gasteiger partial charge in [-0.2, -0.15) is 0 Å². The van der Waals surface area contributed by atoms with Gasteiger partial charge in [-0.25, -0.2) is 4.98 Å². The summed E-state index contributed by atoms with van der Waals surface area (Å²) in [4.78, 5) is 12.2. The van der Waals surface area contributed by atoms with Crippen LogP contribution >= 0.6 is 0 Å². The summed E-state index contributed by atoms with van der Waals surface area (Å²) in [6, 6.07) is 9.50. The van der Waals surface area contributed by atoms with Crippen molar-refractivity contribution in [3.63, 3.8) is 0 Å². The second-order valence-corrected chi connectivity index (χ2v) is 4.64. The molecule has 0 atom stereocenters. The van der Waals surface area contributed by atoms with Crippen LogP contribution in [-0.2, 0) is 6.42 Å². The zero-order valence-electron chi connectivity index (χ0n) is 11.1. The number of amidine groups is 1. The fourth-order valence-corrected chi connectivity index (χ4v) is 2.07. The zero-order chi connectivity index (χ0) is 14.1. The predicted molar refractivity (Wildman–Crippen MR) is 79.7 cm³/mol. The van der Waals surface area contributed by atoms with Gasteiger partial charge in [-0.15, -0.1) is 0 Å². The van der Waals surface area contributed by atoms with Crippen molar-refractivity contribution in [2.24, 2.45) is 5.73 Å². The normalized spacial score (nSPS) is 10.8. The molecule has 4 N–H and O–H groups in total. The van der Waals surface area contributed by atoms with E-state index in [1.807, 2.05) is 18.3 Å². The maximum atomic E-state index is 7.45. The number of imidazole rings is 1. The number of benzene rings is 1. The molecular formula is C15H15N5. The summed E-state index contributed by atoms with van der Waals surface area (Å²) in [5.41, 5.74) is 9.86. The lowest BCUT2D eigenvalue weighted by Gasteiger charge is -1.97. The molecule has 0 amide bonds. The number of nitrogens with two attached hydrogens (primary N) is 1. The van der Waals surface area contributed by atoms with E-state index in [0.717, 1.165) is 29.0 Å². The van der Waals surface area contributed by atoms with Gasteiger partial charge in [0, 0.05) is 11.8 Å². The molecule has 5 heteroatoms. The lowest BCUT2D eigenvalue weighted by molar-refractivity contribution is 1.10. The van der Waals surface area contributed by atoms with Gasteiger partial charge in [0.1, 0.15) is 11.5 Å². The number of rotatable bonds is 3. The minimum absolute atomic E-state index is 0.0434. The fourth-order valence-electron chi connectivity index (χ4n) is 2.07. The quantitative estimate of drug-likeness (QED) is 0.502. The Morgan fingerprint density at radius 3 is 2.80 bits per heavy atom. The van der Waals surface area contributed by atoms with Crippen LogP contribution in [0.4, 0.5) is 0 Å². The largest absolute Gasteiger partial charge is 0.384 e. The first-order valence-corrected chi connectivity index (χ1v) is 6.47. The molecule has 0 radical (unpaired) electrons. The Morgan fingerprint density at radius 2 is 2.15 bits per heavy atom. The van der Waals surface area contributed by atoms with Gasteiger partial charge in [0.25, 0.3) is 0 Å². The summed E-state index contributed by atoms with van der Waals surface area (Å²) >= 11 is 0. The van der Waals surface area contributed by atoms with Gasteiger partial charge in [0.05, 0.1) is 11.0 Å². The predicted octanol–water partition coefficient (Wildman–Crippen LogP) is 2.47. The average molecular weight is 265 g/mol. The number of hydrogen-bond acceptors (Lipinski definition) is 3. The summed E-state index contributed by atoms with van der Waals surface area (Å²) in [5, 5.41) is 7.45. The molecule has 0 bridgehead atoms. The van der Waals surface area contributed by atoms with Crippen molar-refractivity contribution in [1.29, 1.82) is 5.41 Å². The van der Waals surface area contributed by atoms with Gasteiger partial charge < -0.3 is 10.7 Å². The Hall–Kier alpha value is -2.69. The Balaban J connectivity index is 2.05. The van der Waals surface area contributed by atoms with Gasteiger partial charge in [0.15, 0.2) is 5.82 Å². The number of aryl methyl sites for hydroxylation is 1. The summed E-state index contributed by atoms with van der Waals surface area (Å²) in [6.45, 7) is 2.10. The molecule has 0 aliphatic carbocycles. The number of nitrogen functional groups attached to an aromatic ring is 1. The van der Waals surface area contributed by atoms with Crippen molar-refractivity contribution in [2.45, 2.75) is 13.3 Å². The molecule has 5 nitrogen and oxygen atoms in total. The maximum Gasteiger partial charge on any atom is 0.157 e. The van der Waals surface area contributed by atoms with E-state index in [-0.39, 0.29) is 5.84 Å². The SMILES string of the molecule is CCc1ccc(-c2nc3cc(C(=N)N)ccc3[nH]2)nc1. The third-order valence-electron chi connectivity index (χ3n) is 3.27. The van der Waals surface area contributed by atoms with Crippen molar-refractivity contribution in [3.8, 4) is 11.5 Å². The van der Waals surface area contributed by atoms with Crippen LogP contribution in [0.1, 0.15) is 18.1 Å². The average Bonchev–Trinajstić information content (AvgIpc) is 2.90. The van der Waals surface area contributed by atoms with Crippen LogP contribution in [0, 0.1) is 5.41 Å². The Bertz CT molecular complexity index is 771. The summed E-state index contributed by atoms with van der Waals surface area (Å²) < 4.78 is 0. The van der Waals surface area contributed by atoms with Crippen LogP contribution in [0.15, 0.2) is 36.5 Å². The van der Waals surface area contributed by atoms with Crippen molar-refractivity contribution < 1.29 is 0 Å². The van der Waals surface area contributed by atoms with Crippen molar-refractivity contribution in [3.05, 3.63) is 47.7 Å². The maximum absolute atomic E-state index is 7.45. The van der Waals surface area contributed by atoms with E-state index in [4.69, 9.17) is 11.1 Å². The minimum Gasteiger partial charge on any atom is -0.384 e. The van der Waals surface area contributed by atoms with Crippen molar-refractivity contribution >= 4 is 16.9 Å². The lowest BCUT2D eigenvalue weighted by atomic mass is 10.2. The van der Waals surface area contributed by atoms with E-state index < -0.39 is 0 Å². The lowest BCUT2D eigenvalue weighted by Crippen LogP contribution is -2.10. The van der Waals surface area contributed by atoms with Crippen LogP contribution in [0.3, 0.4) is 0 Å². The molecule has 0 fully saturated rings. The third kappa shape index (κ3) is 2.14. The molecule has 0 unspecified atom stereocenters. The van der Waals surface area contributed by atoms with Crippen molar-refractivity contribution in [1.82, 2.24) is 15.0 Å². The molecule has 0 aliphatic rings. The second-order valence-electron chi connectivity index (χ2n) is 4.64. The van der Waals surface area contributed by atoms with Gasteiger partial charge in [-0.1, -0.05) is 13.0 Å². The number of fused-ring (bicyclic) bond motifs is 1. The van der Waals surface area contributed by atoms with Gasteiger partial charge in [-0.3, -0.25) is 10.4 Å². The number of nitrogens with zero attached hydrogens (tertiary/aromatic N) is 2. The highest BCUT2D eigenvalue weighted by Crippen LogP contribution is 2.20. The van der Waals surface area contributed by atoms with Crippen LogP contribution in [0.2, 0.25) is 0 Å². The fraction of sp³-hybridized carbons (Fsp3) is 0.133. The number of H-pyrrole nitrogens is 1. The van der Waals surface area contributed by atoms with Crippen molar-refractivity contribution in [2.75, 3.05) is 0 Å². The van der Waals surface area contributed by atoms with Crippen LogP contribution in [0.25, 0.3) is 22.6 Å². The van der Waals surface area contributed by atoms with Gasteiger partial charge in [0.2, 0.25) is 0 Å². The van der Waals surface area contributed by atoms with E-state index in [0.29, 0.717) is 5.56 Å². The van der Waals surface area contributed by atoms with E-state index >= 15 is 0 Å². The molecule has 0 spiro atoms. The van der Waals surface area contributed by atoms with Gasteiger partial charge >= 0.3 is 0 Å². The minimum atomic E-state index is 0.0434. The van der Waals surface area contributed by atoms with E-state index in [1.54, 1.807) is 12.1 Å². The topological polar surface area (TPSA) is 91.4 Å². The molecule has 20 heavy (non-hydrogen) atoms. The van der Waals surface area contributed by atoms with Crippen LogP contribution in [0.5, 0.6) is 0 Å². The standard InChI is InChI=1S/C15H15N5/c1-2-9-3-5-12(18-8-9)15-19-11-6-4-10(14(16)17)7-13(11)20-15/h3-8H,2H2,1H3,(H3,16,17)(H,19,20). The molecule has 0 saturated heterocycles. The highest BCUT2D eigenvalue weighted by atomic mass is 14.9.